The normalized spacial score (nSPS) is 24.2. The summed E-state index contributed by atoms with van der Waals surface area (Å²) in [5.74, 6) is 0.456. The third kappa shape index (κ3) is 4.29. The largest absolute Gasteiger partial charge is 0.396 e. The van der Waals surface area contributed by atoms with Gasteiger partial charge in [0.1, 0.15) is 0 Å². The molecular formula is C20H33N3O. The summed E-state index contributed by atoms with van der Waals surface area (Å²) in [5.41, 5.74) is 2.82. The molecule has 1 atom stereocenters. The van der Waals surface area contributed by atoms with Gasteiger partial charge in [-0.2, -0.15) is 0 Å². The summed E-state index contributed by atoms with van der Waals surface area (Å²) in [4.78, 5) is 7.46. The van der Waals surface area contributed by atoms with Crippen molar-refractivity contribution in [1.82, 2.24) is 9.80 Å². The minimum Gasteiger partial charge on any atom is -0.396 e. The molecule has 1 N–H and O–H groups in total. The van der Waals surface area contributed by atoms with E-state index in [1.807, 2.05) is 0 Å². The molecule has 2 aliphatic heterocycles. The van der Waals surface area contributed by atoms with Crippen molar-refractivity contribution in [3.05, 3.63) is 29.8 Å². The minimum atomic E-state index is 0.327. The molecule has 2 aliphatic rings. The number of hydrogen-bond donors (Lipinski definition) is 1. The van der Waals surface area contributed by atoms with Crippen LogP contribution in [0, 0.1) is 5.92 Å². The SMILES string of the molecule is CN1CCC(N(C)c2ccccc2CN2CCCC(CO)C2)CC1. The van der Waals surface area contributed by atoms with Crippen molar-refractivity contribution in [2.24, 2.45) is 5.92 Å². The maximum atomic E-state index is 9.47. The first-order chi connectivity index (χ1) is 11.7. The Hall–Kier alpha value is -1.10. The van der Waals surface area contributed by atoms with Gasteiger partial charge in [-0.1, -0.05) is 18.2 Å². The molecular weight excluding hydrogens is 298 g/mol. The number of aliphatic hydroxyl groups excluding tert-OH is 1. The fourth-order valence-corrected chi connectivity index (χ4v) is 4.25. The van der Waals surface area contributed by atoms with Gasteiger partial charge in [0, 0.05) is 38.5 Å². The maximum absolute atomic E-state index is 9.47. The van der Waals surface area contributed by atoms with Crippen molar-refractivity contribution >= 4 is 5.69 Å². The third-order valence-electron chi connectivity index (χ3n) is 5.86. The van der Waals surface area contributed by atoms with Gasteiger partial charge in [0.2, 0.25) is 0 Å². The Labute approximate surface area is 147 Å². The molecule has 0 spiro atoms. The quantitative estimate of drug-likeness (QED) is 0.897. The van der Waals surface area contributed by atoms with E-state index in [4.69, 9.17) is 0 Å². The first kappa shape index (κ1) is 17.7. The number of likely N-dealkylation sites (tertiary alicyclic amines) is 2. The predicted molar refractivity (Wildman–Crippen MR) is 100 cm³/mol. The van der Waals surface area contributed by atoms with Gasteiger partial charge in [0.25, 0.3) is 0 Å². The van der Waals surface area contributed by atoms with E-state index in [9.17, 15) is 5.11 Å². The second kappa shape index (κ2) is 8.32. The Morgan fingerprint density at radius 3 is 2.62 bits per heavy atom. The zero-order chi connectivity index (χ0) is 16.9. The fourth-order valence-electron chi connectivity index (χ4n) is 4.25. The molecule has 1 unspecified atom stereocenters. The summed E-state index contributed by atoms with van der Waals surface area (Å²) in [6.07, 6.45) is 4.87. The van der Waals surface area contributed by atoms with E-state index in [1.165, 1.54) is 50.0 Å². The summed E-state index contributed by atoms with van der Waals surface area (Å²) in [6.45, 7) is 5.91. The summed E-state index contributed by atoms with van der Waals surface area (Å²) < 4.78 is 0. The van der Waals surface area contributed by atoms with Gasteiger partial charge < -0.3 is 14.9 Å². The average molecular weight is 332 g/mol. The van der Waals surface area contributed by atoms with Crippen LogP contribution in [0.25, 0.3) is 0 Å². The van der Waals surface area contributed by atoms with E-state index in [0.29, 0.717) is 18.6 Å². The lowest BCUT2D eigenvalue weighted by atomic mass is 9.98. The molecule has 4 heteroatoms. The molecule has 0 saturated carbocycles. The lowest BCUT2D eigenvalue weighted by Crippen LogP contribution is -2.42. The number of anilines is 1. The van der Waals surface area contributed by atoms with E-state index >= 15 is 0 Å². The van der Waals surface area contributed by atoms with Crippen LogP contribution in [0.5, 0.6) is 0 Å². The molecule has 2 heterocycles. The minimum absolute atomic E-state index is 0.327. The molecule has 0 amide bonds. The standard InChI is InChI=1S/C20H33N3O/c1-21-12-9-19(10-13-21)22(2)20-8-4-3-7-18(20)15-23-11-5-6-17(14-23)16-24/h3-4,7-8,17,19,24H,5-6,9-16H2,1-2H3. The highest BCUT2D eigenvalue weighted by Gasteiger charge is 2.24. The number of rotatable bonds is 5. The number of hydrogen-bond acceptors (Lipinski definition) is 4. The van der Waals surface area contributed by atoms with E-state index < -0.39 is 0 Å². The lowest BCUT2D eigenvalue weighted by Gasteiger charge is -2.38. The smallest absolute Gasteiger partial charge is 0.0471 e. The van der Waals surface area contributed by atoms with Crippen LogP contribution in [-0.2, 0) is 6.54 Å². The van der Waals surface area contributed by atoms with Crippen LogP contribution in [0.3, 0.4) is 0 Å². The number of nitrogens with zero attached hydrogens (tertiary/aromatic N) is 3. The highest BCUT2D eigenvalue weighted by molar-refractivity contribution is 5.54. The van der Waals surface area contributed by atoms with Gasteiger partial charge in [0.05, 0.1) is 0 Å². The lowest BCUT2D eigenvalue weighted by molar-refractivity contribution is 0.116. The molecule has 134 valence electrons. The average Bonchev–Trinajstić information content (AvgIpc) is 2.62. The molecule has 4 nitrogen and oxygen atoms in total. The van der Waals surface area contributed by atoms with E-state index in [2.05, 4.69) is 53.1 Å². The molecule has 1 aromatic carbocycles. The Bertz CT molecular complexity index is 513. The Morgan fingerprint density at radius 1 is 1.12 bits per heavy atom. The van der Waals surface area contributed by atoms with E-state index in [-0.39, 0.29) is 0 Å². The summed E-state index contributed by atoms with van der Waals surface area (Å²) in [7, 11) is 4.49. The molecule has 24 heavy (non-hydrogen) atoms. The molecule has 0 radical (unpaired) electrons. The third-order valence-corrected chi connectivity index (χ3v) is 5.86. The predicted octanol–water partition coefficient (Wildman–Crippen LogP) is 2.42. The van der Waals surface area contributed by atoms with Gasteiger partial charge >= 0.3 is 0 Å². The second-order valence-electron chi connectivity index (χ2n) is 7.70. The van der Waals surface area contributed by atoms with Crippen LogP contribution in [-0.4, -0.2) is 67.8 Å². The first-order valence-corrected chi connectivity index (χ1v) is 9.50. The van der Waals surface area contributed by atoms with Crippen molar-refractivity contribution in [1.29, 1.82) is 0 Å². The van der Waals surface area contributed by atoms with Crippen LogP contribution >= 0.6 is 0 Å². The Balaban J connectivity index is 1.68. The van der Waals surface area contributed by atoms with Crippen LogP contribution < -0.4 is 4.90 Å². The molecule has 0 aliphatic carbocycles. The maximum Gasteiger partial charge on any atom is 0.0471 e. The monoisotopic (exact) mass is 331 g/mol. The van der Waals surface area contributed by atoms with Crippen molar-refractivity contribution in [2.45, 2.75) is 38.3 Å². The zero-order valence-electron chi connectivity index (χ0n) is 15.3. The highest BCUT2D eigenvalue weighted by Crippen LogP contribution is 2.27. The molecule has 1 aromatic rings. The van der Waals surface area contributed by atoms with Crippen molar-refractivity contribution in [3.8, 4) is 0 Å². The Morgan fingerprint density at radius 2 is 1.88 bits per heavy atom. The van der Waals surface area contributed by atoms with Crippen molar-refractivity contribution in [3.63, 3.8) is 0 Å². The van der Waals surface area contributed by atoms with Crippen LogP contribution in [0.2, 0.25) is 0 Å². The number of aliphatic hydroxyl groups is 1. The second-order valence-corrected chi connectivity index (χ2v) is 7.70. The van der Waals surface area contributed by atoms with Crippen molar-refractivity contribution in [2.75, 3.05) is 51.8 Å². The zero-order valence-corrected chi connectivity index (χ0v) is 15.3. The first-order valence-electron chi connectivity index (χ1n) is 9.50. The highest BCUT2D eigenvalue weighted by atomic mass is 16.3. The van der Waals surface area contributed by atoms with E-state index in [1.54, 1.807) is 0 Å². The number of para-hydroxylation sites is 1. The van der Waals surface area contributed by atoms with Crippen LogP contribution in [0.4, 0.5) is 5.69 Å². The van der Waals surface area contributed by atoms with Crippen LogP contribution in [0.1, 0.15) is 31.2 Å². The fraction of sp³-hybridized carbons (Fsp3) is 0.700. The van der Waals surface area contributed by atoms with E-state index in [0.717, 1.165) is 19.6 Å². The molecule has 0 aromatic heterocycles. The molecule has 2 fully saturated rings. The van der Waals surface area contributed by atoms with Crippen LogP contribution in [0.15, 0.2) is 24.3 Å². The Kier molecular flexibility index (Phi) is 6.14. The summed E-state index contributed by atoms with van der Waals surface area (Å²) in [5, 5.41) is 9.47. The summed E-state index contributed by atoms with van der Waals surface area (Å²) >= 11 is 0. The van der Waals surface area contributed by atoms with Crippen molar-refractivity contribution < 1.29 is 5.11 Å². The number of benzene rings is 1. The van der Waals surface area contributed by atoms with Gasteiger partial charge in [-0.15, -0.1) is 0 Å². The molecule has 3 rings (SSSR count). The van der Waals surface area contributed by atoms with Gasteiger partial charge in [-0.25, -0.2) is 0 Å². The van der Waals surface area contributed by atoms with Gasteiger partial charge in [-0.05, 0) is 69.9 Å². The summed E-state index contributed by atoms with van der Waals surface area (Å²) in [6, 6.07) is 9.53. The van der Waals surface area contributed by atoms with Gasteiger partial charge in [-0.3, -0.25) is 4.90 Å². The number of piperidine rings is 2. The van der Waals surface area contributed by atoms with Gasteiger partial charge in [0.15, 0.2) is 0 Å². The topological polar surface area (TPSA) is 30.0 Å². The molecule has 2 saturated heterocycles. The molecule has 0 bridgehead atoms.